The smallest absolute Gasteiger partial charge is 0.339 e. The third kappa shape index (κ3) is 4.72. The van der Waals surface area contributed by atoms with E-state index in [2.05, 4.69) is 6.58 Å². The molecule has 0 amide bonds. The molecule has 0 spiro atoms. The minimum absolute atomic E-state index is 0.0989. The Labute approximate surface area is 116 Å². The van der Waals surface area contributed by atoms with Gasteiger partial charge >= 0.3 is 17.6 Å². The summed E-state index contributed by atoms with van der Waals surface area (Å²) in [5.41, 5.74) is -0.351. The topological polar surface area (TPSA) is 82.8 Å². The molecule has 20 heavy (non-hydrogen) atoms. The second kappa shape index (κ2) is 6.70. The molecule has 0 aromatic carbocycles. The number of esters is 2. The van der Waals surface area contributed by atoms with Crippen molar-refractivity contribution in [2.75, 3.05) is 6.61 Å². The summed E-state index contributed by atoms with van der Waals surface area (Å²) in [5, 5.41) is 0. The number of carbonyl (C=O) groups excluding carboxylic acids is 2. The van der Waals surface area contributed by atoms with Crippen LogP contribution in [0.15, 0.2) is 33.5 Å². The molecule has 1 aromatic rings. The largest absolute Gasteiger partial charge is 0.461 e. The predicted octanol–water partition coefficient (Wildman–Crippen LogP) is 1.61. The molecule has 0 radical (unpaired) electrons. The van der Waals surface area contributed by atoms with Crippen LogP contribution in [0.5, 0.6) is 5.75 Å². The van der Waals surface area contributed by atoms with Gasteiger partial charge in [0.25, 0.3) is 0 Å². The van der Waals surface area contributed by atoms with Crippen molar-refractivity contribution in [2.45, 2.75) is 20.8 Å². The van der Waals surface area contributed by atoms with Crippen LogP contribution >= 0.6 is 0 Å². The van der Waals surface area contributed by atoms with Crippen LogP contribution in [0.3, 0.4) is 0 Å². The molecule has 6 heteroatoms. The van der Waals surface area contributed by atoms with E-state index in [-0.39, 0.29) is 17.9 Å². The van der Waals surface area contributed by atoms with Crippen molar-refractivity contribution in [1.29, 1.82) is 0 Å². The Bertz CT molecular complexity index is 584. The van der Waals surface area contributed by atoms with Crippen molar-refractivity contribution >= 4 is 11.9 Å². The molecule has 0 fully saturated rings. The summed E-state index contributed by atoms with van der Waals surface area (Å²) in [6.45, 7) is 7.93. The fourth-order valence-electron chi connectivity index (χ4n) is 1.24. The maximum atomic E-state index is 11.7. The fraction of sp³-hybridized carbons (Fsp3) is 0.357. The van der Waals surface area contributed by atoms with Crippen LogP contribution in [0.1, 0.15) is 19.6 Å². The maximum Gasteiger partial charge on any atom is 0.339 e. The third-order valence-corrected chi connectivity index (χ3v) is 2.30. The van der Waals surface area contributed by atoms with Gasteiger partial charge in [0.1, 0.15) is 18.1 Å². The normalized spacial score (nSPS) is 11.6. The molecule has 0 bridgehead atoms. The van der Waals surface area contributed by atoms with E-state index in [1.165, 1.54) is 13.0 Å². The average Bonchev–Trinajstić information content (AvgIpc) is 2.33. The van der Waals surface area contributed by atoms with Gasteiger partial charge in [-0.05, 0) is 20.8 Å². The van der Waals surface area contributed by atoms with Crippen molar-refractivity contribution in [2.24, 2.45) is 5.92 Å². The summed E-state index contributed by atoms with van der Waals surface area (Å²) >= 11 is 0. The maximum absolute atomic E-state index is 11.7. The molecule has 6 nitrogen and oxygen atoms in total. The molecule has 0 saturated heterocycles. The van der Waals surface area contributed by atoms with Crippen LogP contribution in [0.25, 0.3) is 0 Å². The standard InChI is InChI=1S/C14H16O6/c1-8(2)13(16)18-7-9(3)14(17)20-11-5-10(4)19-12(15)6-11/h5-6,9H,1,7H2,2-4H3. The molecule has 0 aliphatic carbocycles. The Kier molecular flexibility index (Phi) is 5.25. The fourth-order valence-corrected chi connectivity index (χ4v) is 1.24. The van der Waals surface area contributed by atoms with Crippen molar-refractivity contribution < 1.29 is 23.5 Å². The Morgan fingerprint density at radius 1 is 1.40 bits per heavy atom. The van der Waals surface area contributed by atoms with E-state index in [4.69, 9.17) is 13.9 Å². The Morgan fingerprint density at radius 2 is 2.05 bits per heavy atom. The van der Waals surface area contributed by atoms with Crippen molar-refractivity contribution in [3.05, 3.63) is 40.5 Å². The molecular weight excluding hydrogens is 264 g/mol. The van der Waals surface area contributed by atoms with Crippen LogP contribution in [0.4, 0.5) is 0 Å². The Hall–Kier alpha value is -2.37. The molecule has 0 aliphatic rings. The van der Waals surface area contributed by atoms with E-state index in [0.717, 1.165) is 6.07 Å². The molecule has 1 unspecified atom stereocenters. The van der Waals surface area contributed by atoms with E-state index in [1.807, 2.05) is 0 Å². The number of hydrogen-bond acceptors (Lipinski definition) is 6. The molecule has 1 rings (SSSR count). The second-order valence-electron chi connectivity index (χ2n) is 4.42. The lowest BCUT2D eigenvalue weighted by Gasteiger charge is -2.11. The first-order valence-electron chi connectivity index (χ1n) is 5.95. The van der Waals surface area contributed by atoms with Gasteiger partial charge in [-0.2, -0.15) is 0 Å². The quantitative estimate of drug-likeness (QED) is 0.602. The van der Waals surface area contributed by atoms with Crippen LogP contribution < -0.4 is 10.4 Å². The van der Waals surface area contributed by atoms with E-state index in [1.54, 1.807) is 13.8 Å². The SMILES string of the molecule is C=C(C)C(=O)OCC(C)C(=O)Oc1cc(C)oc(=O)c1. The first kappa shape index (κ1) is 15.7. The molecule has 0 N–H and O–H groups in total. The molecule has 108 valence electrons. The van der Waals surface area contributed by atoms with E-state index >= 15 is 0 Å². The first-order valence-corrected chi connectivity index (χ1v) is 5.95. The average molecular weight is 280 g/mol. The van der Waals surface area contributed by atoms with E-state index in [9.17, 15) is 14.4 Å². The van der Waals surface area contributed by atoms with Gasteiger partial charge in [-0.25, -0.2) is 9.59 Å². The van der Waals surface area contributed by atoms with Crippen molar-refractivity contribution in [3.63, 3.8) is 0 Å². The van der Waals surface area contributed by atoms with Gasteiger partial charge in [0, 0.05) is 11.6 Å². The first-order chi connectivity index (χ1) is 9.29. The summed E-state index contributed by atoms with van der Waals surface area (Å²) in [6, 6.07) is 2.49. The predicted molar refractivity (Wildman–Crippen MR) is 70.3 cm³/mol. The van der Waals surface area contributed by atoms with Crippen molar-refractivity contribution in [1.82, 2.24) is 0 Å². The third-order valence-electron chi connectivity index (χ3n) is 2.30. The minimum Gasteiger partial charge on any atom is -0.461 e. The second-order valence-corrected chi connectivity index (χ2v) is 4.42. The van der Waals surface area contributed by atoms with Gasteiger partial charge in [0.2, 0.25) is 0 Å². The molecule has 1 atom stereocenters. The monoisotopic (exact) mass is 280 g/mol. The van der Waals surface area contributed by atoms with E-state index in [0.29, 0.717) is 5.76 Å². The van der Waals surface area contributed by atoms with Gasteiger partial charge in [0.05, 0.1) is 12.0 Å². The highest BCUT2D eigenvalue weighted by molar-refractivity contribution is 5.87. The zero-order valence-corrected chi connectivity index (χ0v) is 11.6. The highest BCUT2D eigenvalue weighted by atomic mass is 16.6. The lowest BCUT2D eigenvalue weighted by atomic mass is 10.2. The zero-order chi connectivity index (χ0) is 15.3. The Balaban J connectivity index is 2.59. The molecule has 1 aromatic heterocycles. The van der Waals surface area contributed by atoms with Crippen molar-refractivity contribution in [3.8, 4) is 5.75 Å². The van der Waals surface area contributed by atoms with Gasteiger partial charge in [0.15, 0.2) is 0 Å². The van der Waals surface area contributed by atoms with Crippen LogP contribution in [0, 0.1) is 12.8 Å². The summed E-state index contributed by atoms with van der Waals surface area (Å²) < 4.78 is 14.6. The lowest BCUT2D eigenvalue weighted by molar-refractivity contribution is -0.146. The summed E-state index contributed by atoms with van der Waals surface area (Å²) in [7, 11) is 0. The van der Waals surface area contributed by atoms with Gasteiger partial charge in [-0.3, -0.25) is 4.79 Å². The van der Waals surface area contributed by atoms with Crippen LogP contribution in [0.2, 0.25) is 0 Å². The summed E-state index contributed by atoms with van der Waals surface area (Å²) in [4.78, 5) is 34.1. The van der Waals surface area contributed by atoms with Gasteiger partial charge in [-0.1, -0.05) is 6.58 Å². The highest BCUT2D eigenvalue weighted by Crippen LogP contribution is 2.12. The number of carbonyl (C=O) groups is 2. The van der Waals surface area contributed by atoms with Crippen LogP contribution in [-0.4, -0.2) is 18.5 Å². The Morgan fingerprint density at radius 3 is 2.60 bits per heavy atom. The molecule has 0 saturated carbocycles. The number of rotatable bonds is 5. The van der Waals surface area contributed by atoms with Crippen LogP contribution in [-0.2, 0) is 14.3 Å². The van der Waals surface area contributed by atoms with Gasteiger partial charge in [-0.15, -0.1) is 0 Å². The summed E-state index contributed by atoms with van der Waals surface area (Å²) in [5.74, 6) is -1.40. The lowest BCUT2D eigenvalue weighted by Crippen LogP contribution is -2.24. The number of ether oxygens (including phenoxy) is 2. The number of hydrogen-bond donors (Lipinski definition) is 0. The molecule has 1 heterocycles. The van der Waals surface area contributed by atoms with Gasteiger partial charge < -0.3 is 13.9 Å². The molecule has 0 aliphatic heterocycles. The zero-order valence-electron chi connectivity index (χ0n) is 11.6. The molecular formula is C14H16O6. The number of aryl methyl sites for hydroxylation is 1. The minimum atomic E-state index is -0.661. The van der Waals surface area contributed by atoms with E-state index < -0.39 is 23.5 Å². The summed E-state index contributed by atoms with van der Waals surface area (Å²) in [6.07, 6.45) is 0. The highest BCUT2D eigenvalue weighted by Gasteiger charge is 2.18.